The second kappa shape index (κ2) is 6.62. The Balaban J connectivity index is 1.44. The predicted molar refractivity (Wildman–Crippen MR) is 108 cm³/mol. The topological polar surface area (TPSA) is 55.8 Å². The smallest absolute Gasteiger partial charge is 0.338 e. The van der Waals surface area contributed by atoms with Gasteiger partial charge in [0.25, 0.3) is 5.91 Å². The summed E-state index contributed by atoms with van der Waals surface area (Å²) in [6, 6.07) is 17.5. The first-order valence-electron chi connectivity index (χ1n) is 9.76. The van der Waals surface area contributed by atoms with Crippen molar-refractivity contribution in [2.24, 2.45) is 5.92 Å². The molecule has 0 bridgehead atoms. The number of anilines is 1. The summed E-state index contributed by atoms with van der Waals surface area (Å²) in [5.74, 6) is -0.478. The molecule has 3 atom stereocenters. The highest BCUT2D eigenvalue weighted by Gasteiger charge is 2.46. The van der Waals surface area contributed by atoms with E-state index < -0.39 is 6.23 Å². The van der Waals surface area contributed by atoms with Crippen LogP contribution in [0.4, 0.5) is 5.69 Å². The number of carbonyl (C=O) groups excluding carboxylic acids is 2. The van der Waals surface area contributed by atoms with Gasteiger partial charge in [-0.25, -0.2) is 4.79 Å². The molecule has 1 saturated heterocycles. The molecule has 2 aromatic rings. The van der Waals surface area contributed by atoms with Crippen molar-refractivity contribution in [3.8, 4) is 0 Å². The lowest BCUT2D eigenvalue weighted by Crippen LogP contribution is -2.36. The van der Waals surface area contributed by atoms with E-state index in [1.165, 1.54) is 11.8 Å². The molecule has 0 spiro atoms. The summed E-state index contributed by atoms with van der Waals surface area (Å²) in [5.41, 5.74) is 5.07. The van der Waals surface area contributed by atoms with Gasteiger partial charge in [0.2, 0.25) is 6.23 Å². The highest BCUT2D eigenvalue weighted by Crippen LogP contribution is 2.47. The van der Waals surface area contributed by atoms with Crippen molar-refractivity contribution >= 4 is 17.6 Å². The number of rotatable bonds is 3. The van der Waals surface area contributed by atoms with Gasteiger partial charge in [0.15, 0.2) is 0 Å². The number of ether oxygens (including phenoxy) is 2. The van der Waals surface area contributed by atoms with Gasteiger partial charge in [-0.2, -0.15) is 0 Å². The molecule has 0 aromatic heterocycles. The molecule has 0 saturated carbocycles. The van der Waals surface area contributed by atoms with Gasteiger partial charge in [-0.15, -0.1) is 0 Å². The fourth-order valence-electron chi connectivity index (χ4n) is 4.42. The van der Waals surface area contributed by atoms with E-state index in [0.717, 1.165) is 23.2 Å². The van der Waals surface area contributed by atoms with Crippen LogP contribution in [-0.2, 0) is 25.5 Å². The van der Waals surface area contributed by atoms with Crippen molar-refractivity contribution in [3.63, 3.8) is 0 Å². The quantitative estimate of drug-likeness (QED) is 0.453. The van der Waals surface area contributed by atoms with Crippen LogP contribution in [0.2, 0.25) is 0 Å². The van der Waals surface area contributed by atoms with Crippen LogP contribution in [0.25, 0.3) is 0 Å². The van der Waals surface area contributed by atoms with Crippen molar-refractivity contribution in [2.45, 2.75) is 32.6 Å². The van der Waals surface area contributed by atoms with E-state index in [0.29, 0.717) is 11.1 Å². The minimum absolute atomic E-state index is 0.0486. The third-order valence-corrected chi connectivity index (χ3v) is 6.13. The van der Waals surface area contributed by atoms with Gasteiger partial charge in [0.05, 0.1) is 11.8 Å². The summed E-state index contributed by atoms with van der Waals surface area (Å²) in [5, 5.41) is 0. The van der Waals surface area contributed by atoms with Gasteiger partial charge in [0, 0.05) is 17.2 Å². The van der Waals surface area contributed by atoms with Crippen molar-refractivity contribution in [3.05, 3.63) is 88.7 Å². The van der Waals surface area contributed by atoms with Gasteiger partial charge in [-0.1, -0.05) is 42.5 Å². The third kappa shape index (κ3) is 2.69. The summed E-state index contributed by atoms with van der Waals surface area (Å²) < 4.78 is 11.7. The van der Waals surface area contributed by atoms with E-state index in [1.807, 2.05) is 55.5 Å². The average Bonchev–Trinajstić information content (AvgIpc) is 3.31. The molecule has 2 aromatic carbocycles. The maximum Gasteiger partial charge on any atom is 0.338 e. The molecule has 0 radical (unpaired) electrons. The largest absolute Gasteiger partial charge is 0.473 e. The second-order valence-electron chi connectivity index (χ2n) is 7.72. The Bertz CT molecular complexity index is 1070. The monoisotopic (exact) mass is 387 g/mol. The van der Waals surface area contributed by atoms with Gasteiger partial charge >= 0.3 is 5.97 Å². The molecule has 3 aliphatic rings. The average molecular weight is 387 g/mol. The molecule has 29 heavy (non-hydrogen) atoms. The predicted octanol–water partition coefficient (Wildman–Crippen LogP) is 4.07. The summed E-state index contributed by atoms with van der Waals surface area (Å²) in [7, 11) is 0. The van der Waals surface area contributed by atoms with Crippen molar-refractivity contribution in [1.29, 1.82) is 0 Å². The van der Waals surface area contributed by atoms with Crippen molar-refractivity contribution in [2.75, 3.05) is 4.90 Å². The molecular weight excluding hydrogens is 366 g/mol. The fraction of sp³-hybridized carbons (Fsp3) is 0.250. The zero-order valence-electron chi connectivity index (χ0n) is 16.3. The molecule has 3 unspecified atom stereocenters. The maximum absolute atomic E-state index is 12.8. The second-order valence-corrected chi connectivity index (χ2v) is 7.72. The first kappa shape index (κ1) is 17.7. The molecule has 1 fully saturated rings. The molecule has 1 aliphatic carbocycles. The number of esters is 1. The minimum atomic E-state index is -0.576. The first-order chi connectivity index (χ1) is 14.1. The van der Waals surface area contributed by atoms with Crippen molar-refractivity contribution in [1.82, 2.24) is 0 Å². The molecule has 2 aliphatic heterocycles. The Morgan fingerprint density at radius 2 is 1.76 bits per heavy atom. The number of hydrogen-bond acceptors (Lipinski definition) is 4. The van der Waals surface area contributed by atoms with E-state index in [1.54, 1.807) is 11.8 Å². The van der Waals surface area contributed by atoms with Crippen LogP contribution in [0.3, 0.4) is 0 Å². The van der Waals surface area contributed by atoms with Crippen LogP contribution in [0.5, 0.6) is 0 Å². The molecule has 1 amide bonds. The minimum Gasteiger partial charge on any atom is -0.473 e. The zero-order chi connectivity index (χ0) is 20.1. The van der Waals surface area contributed by atoms with Crippen LogP contribution in [0, 0.1) is 5.92 Å². The Kier molecular flexibility index (Phi) is 4.05. The summed E-state index contributed by atoms with van der Waals surface area (Å²) in [6.45, 7) is 3.69. The maximum atomic E-state index is 12.8. The van der Waals surface area contributed by atoms with Crippen molar-refractivity contribution < 1.29 is 19.1 Å². The molecule has 0 N–H and O–H groups in total. The van der Waals surface area contributed by atoms with E-state index >= 15 is 0 Å². The SMILES string of the molecule is CC1=C(C)C(O/C=C2/C(=O)OC3c4ccccc4CC23)N(c2ccccc2)C1=O. The number of nitrogens with zero attached hydrogens (tertiary/aromatic N) is 1. The third-order valence-electron chi connectivity index (χ3n) is 6.13. The Morgan fingerprint density at radius 1 is 1.03 bits per heavy atom. The molecule has 5 heteroatoms. The number of para-hydroxylation sites is 1. The standard InChI is InChI=1S/C24H21NO4/c1-14-15(2)23(25(22(14)26)17-9-4-3-5-10-17)28-13-20-19-12-16-8-6-7-11-18(16)21(19)29-24(20)27/h3-11,13,19,21,23H,12H2,1-2H3/b20-13+. The van der Waals surface area contributed by atoms with Gasteiger partial charge in [-0.3, -0.25) is 9.69 Å². The Labute approximate surface area is 169 Å². The summed E-state index contributed by atoms with van der Waals surface area (Å²) in [4.78, 5) is 26.9. The Morgan fingerprint density at radius 3 is 2.55 bits per heavy atom. The van der Waals surface area contributed by atoms with E-state index in [4.69, 9.17) is 9.47 Å². The lowest BCUT2D eigenvalue weighted by molar-refractivity contribution is -0.139. The lowest BCUT2D eigenvalue weighted by atomic mass is 9.98. The van der Waals surface area contributed by atoms with Crippen LogP contribution >= 0.6 is 0 Å². The highest BCUT2D eigenvalue weighted by atomic mass is 16.6. The number of hydrogen-bond donors (Lipinski definition) is 0. The summed E-state index contributed by atoms with van der Waals surface area (Å²) >= 11 is 0. The highest BCUT2D eigenvalue weighted by molar-refractivity contribution is 6.09. The van der Waals surface area contributed by atoms with Gasteiger partial charge in [-0.05, 0) is 49.1 Å². The lowest BCUT2D eigenvalue weighted by Gasteiger charge is -2.26. The van der Waals surface area contributed by atoms with E-state index in [2.05, 4.69) is 6.07 Å². The van der Waals surface area contributed by atoms with E-state index in [-0.39, 0.29) is 23.9 Å². The van der Waals surface area contributed by atoms with Crippen LogP contribution in [0.1, 0.15) is 31.1 Å². The molecule has 146 valence electrons. The van der Waals surface area contributed by atoms with Gasteiger partial charge < -0.3 is 9.47 Å². The fourth-order valence-corrected chi connectivity index (χ4v) is 4.42. The zero-order valence-corrected chi connectivity index (χ0v) is 16.3. The first-order valence-corrected chi connectivity index (χ1v) is 9.76. The Hall–Kier alpha value is -3.34. The van der Waals surface area contributed by atoms with Crippen LogP contribution in [0.15, 0.2) is 77.6 Å². The van der Waals surface area contributed by atoms with Gasteiger partial charge in [0.1, 0.15) is 6.10 Å². The van der Waals surface area contributed by atoms with E-state index in [9.17, 15) is 9.59 Å². The van der Waals surface area contributed by atoms with Crippen LogP contribution in [-0.4, -0.2) is 18.1 Å². The van der Waals surface area contributed by atoms with Crippen LogP contribution < -0.4 is 4.90 Å². The normalized spacial score (nSPS) is 26.8. The number of amides is 1. The molecule has 2 heterocycles. The number of carbonyl (C=O) groups is 2. The number of fused-ring (bicyclic) bond motifs is 3. The molecular formula is C24H21NO4. The summed E-state index contributed by atoms with van der Waals surface area (Å²) in [6.07, 6.45) is 1.44. The molecule has 5 nitrogen and oxygen atoms in total. The molecule has 5 rings (SSSR count). The number of benzene rings is 2.